The topological polar surface area (TPSA) is 102 Å². The van der Waals surface area contributed by atoms with Gasteiger partial charge in [0.25, 0.3) is 0 Å². The summed E-state index contributed by atoms with van der Waals surface area (Å²) in [6.45, 7) is -0.203. The number of amides is 2. The number of fused-ring (bicyclic) bond motifs is 1. The molecule has 2 aromatic carbocycles. The number of rotatable bonds is 6. The highest BCUT2D eigenvalue weighted by Gasteiger charge is 2.36. The van der Waals surface area contributed by atoms with Gasteiger partial charge in [-0.3, -0.25) is 19.2 Å². The normalized spacial score (nSPS) is 17.7. The minimum atomic E-state index is -0.634. The summed E-state index contributed by atoms with van der Waals surface area (Å²) in [5, 5.41) is 2.76. The largest absolute Gasteiger partial charge is 0.497 e. The molecular formula is C23H22N2O6. The molecule has 0 aliphatic carbocycles. The fourth-order valence-corrected chi connectivity index (χ4v) is 3.79. The van der Waals surface area contributed by atoms with E-state index in [1.165, 1.54) is 4.90 Å². The number of aryl methyl sites for hydroxylation is 1. The van der Waals surface area contributed by atoms with Crippen LogP contribution in [-0.4, -0.2) is 43.8 Å². The van der Waals surface area contributed by atoms with Gasteiger partial charge in [0.15, 0.2) is 12.4 Å². The molecule has 1 saturated heterocycles. The number of nitrogens with one attached hydrogen (secondary N) is 1. The highest BCUT2D eigenvalue weighted by Crippen LogP contribution is 2.28. The van der Waals surface area contributed by atoms with Gasteiger partial charge in [-0.1, -0.05) is 6.07 Å². The van der Waals surface area contributed by atoms with Gasteiger partial charge in [0.05, 0.1) is 13.0 Å². The minimum absolute atomic E-state index is 0.0305. The summed E-state index contributed by atoms with van der Waals surface area (Å²) in [6, 6.07) is 12.1. The quantitative estimate of drug-likeness (QED) is 0.566. The SMILES string of the molecule is COc1cccc(N2CC(C(=O)OCC(=O)c3ccc4c(c3)CCC(=O)N4)CC2=O)c1. The third kappa shape index (κ3) is 4.42. The molecule has 160 valence electrons. The fraction of sp³-hybridized carbons (Fsp3) is 0.304. The lowest BCUT2D eigenvalue weighted by Gasteiger charge is -2.18. The Hall–Kier alpha value is -3.68. The lowest BCUT2D eigenvalue weighted by molar-refractivity contribution is -0.147. The smallest absolute Gasteiger partial charge is 0.311 e. The molecular weight excluding hydrogens is 400 g/mol. The molecule has 0 bridgehead atoms. The van der Waals surface area contributed by atoms with Gasteiger partial charge in [-0.25, -0.2) is 0 Å². The lowest BCUT2D eigenvalue weighted by atomic mass is 9.99. The van der Waals surface area contributed by atoms with E-state index < -0.39 is 18.5 Å². The maximum Gasteiger partial charge on any atom is 0.311 e. The van der Waals surface area contributed by atoms with Gasteiger partial charge in [-0.2, -0.15) is 0 Å². The van der Waals surface area contributed by atoms with Gasteiger partial charge in [0, 0.05) is 42.4 Å². The number of esters is 1. The van der Waals surface area contributed by atoms with Gasteiger partial charge < -0.3 is 19.7 Å². The van der Waals surface area contributed by atoms with Gasteiger partial charge in [0.2, 0.25) is 11.8 Å². The maximum atomic E-state index is 12.5. The Bertz CT molecular complexity index is 1060. The molecule has 2 amide bonds. The molecule has 0 radical (unpaired) electrons. The Morgan fingerprint density at radius 3 is 2.77 bits per heavy atom. The molecule has 8 nitrogen and oxygen atoms in total. The molecule has 2 aromatic rings. The van der Waals surface area contributed by atoms with Crippen LogP contribution in [0.25, 0.3) is 0 Å². The molecule has 2 heterocycles. The van der Waals surface area contributed by atoms with E-state index in [1.54, 1.807) is 49.6 Å². The first-order valence-electron chi connectivity index (χ1n) is 10.0. The number of hydrogen-bond acceptors (Lipinski definition) is 6. The van der Waals surface area contributed by atoms with E-state index >= 15 is 0 Å². The summed E-state index contributed by atoms with van der Waals surface area (Å²) in [5.74, 6) is -1.15. The number of benzene rings is 2. The summed E-state index contributed by atoms with van der Waals surface area (Å²) in [5.41, 5.74) is 2.65. The molecule has 31 heavy (non-hydrogen) atoms. The zero-order valence-corrected chi connectivity index (χ0v) is 17.1. The monoisotopic (exact) mass is 422 g/mol. The number of hydrogen-bond donors (Lipinski definition) is 1. The van der Waals surface area contributed by atoms with Crippen LogP contribution in [0.3, 0.4) is 0 Å². The molecule has 1 atom stereocenters. The van der Waals surface area contributed by atoms with E-state index in [0.29, 0.717) is 35.5 Å². The first-order valence-corrected chi connectivity index (χ1v) is 10.0. The Morgan fingerprint density at radius 1 is 1.13 bits per heavy atom. The summed E-state index contributed by atoms with van der Waals surface area (Å²) in [7, 11) is 1.54. The van der Waals surface area contributed by atoms with Crippen LogP contribution in [0.1, 0.15) is 28.8 Å². The highest BCUT2D eigenvalue weighted by atomic mass is 16.5. The molecule has 1 fully saturated rings. The molecule has 1 unspecified atom stereocenters. The maximum absolute atomic E-state index is 12.5. The summed E-state index contributed by atoms with van der Waals surface area (Å²) >= 11 is 0. The van der Waals surface area contributed by atoms with Gasteiger partial charge in [-0.15, -0.1) is 0 Å². The third-order valence-electron chi connectivity index (χ3n) is 5.49. The van der Waals surface area contributed by atoms with Crippen molar-refractivity contribution in [2.45, 2.75) is 19.3 Å². The third-order valence-corrected chi connectivity index (χ3v) is 5.49. The van der Waals surface area contributed by atoms with E-state index in [2.05, 4.69) is 5.32 Å². The van der Waals surface area contributed by atoms with Crippen molar-refractivity contribution in [3.05, 3.63) is 53.6 Å². The molecule has 4 rings (SSSR count). The van der Waals surface area contributed by atoms with E-state index in [1.807, 2.05) is 0 Å². The minimum Gasteiger partial charge on any atom is -0.497 e. The van der Waals surface area contributed by atoms with Crippen molar-refractivity contribution in [3.8, 4) is 5.75 Å². The van der Waals surface area contributed by atoms with Crippen LogP contribution in [0.2, 0.25) is 0 Å². The number of anilines is 2. The summed E-state index contributed by atoms with van der Waals surface area (Å²) < 4.78 is 10.4. The van der Waals surface area contributed by atoms with Crippen molar-refractivity contribution in [2.75, 3.05) is 30.5 Å². The Labute approximate surface area is 179 Å². The van der Waals surface area contributed by atoms with Gasteiger partial charge in [0.1, 0.15) is 5.75 Å². The van der Waals surface area contributed by atoms with E-state index in [0.717, 1.165) is 5.56 Å². The molecule has 0 aromatic heterocycles. The number of ether oxygens (including phenoxy) is 2. The molecule has 1 N–H and O–H groups in total. The van der Waals surface area contributed by atoms with Crippen molar-refractivity contribution in [1.29, 1.82) is 0 Å². The van der Waals surface area contributed by atoms with Crippen LogP contribution in [-0.2, 0) is 25.5 Å². The predicted molar refractivity (Wildman–Crippen MR) is 112 cm³/mol. The van der Waals surface area contributed by atoms with Crippen molar-refractivity contribution < 1.29 is 28.7 Å². The number of methoxy groups -OCH3 is 1. The van der Waals surface area contributed by atoms with Gasteiger partial charge >= 0.3 is 5.97 Å². The summed E-state index contributed by atoms with van der Waals surface area (Å²) in [6.07, 6.45) is 0.967. The summed E-state index contributed by atoms with van der Waals surface area (Å²) in [4.78, 5) is 50.3. The van der Waals surface area contributed by atoms with Crippen LogP contribution in [0.4, 0.5) is 11.4 Å². The van der Waals surface area contributed by atoms with Crippen LogP contribution < -0.4 is 15.0 Å². The molecule has 2 aliphatic heterocycles. The highest BCUT2D eigenvalue weighted by molar-refractivity contribution is 6.02. The average Bonchev–Trinajstić information content (AvgIpc) is 3.18. The lowest BCUT2D eigenvalue weighted by Crippen LogP contribution is -2.27. The predicted octanol–water partition coefficient (Wildman–Crippen LogP) is 2.36. The van der Waals surface area contributed by atoms with Crippen molar-refractivity contribution in [1.82, 2.24) is 0 Å². The standard InChI is InChI=1S/C23H22N2O6/c1-30-18-4-2-3-17(11-18)25-12-16(10-22(25)28)23(29)31-13-20(26)15-5-7-19-14(9-15)6-8-21(27)24-19/h2-5,7,9,11,16H,6,8,10,12-13H2,1H3,(H,24,27). The number of carbonyl (C=O) groups is 4. The second kappa shape index (κ2) is 8.59. The number of Topliss-reactive ketones (excluding diaryl/α,β-unsaturated/α-hetero) is 1. The van der Waals surface area contributed by atoms with Crippen LogP contribution >= 0.6 is 0 Å². The van der Waals surface area contributed by atoms with E-state index in [-0.39, 0.29) is 30.6 Å². The average molecular weight is 422 g/mol. The first kappa shape index (κ1) is 20.6. The van der Waals surface area contributed by atoms with Crippen LogP contribution in [0, 0.1) is 5.92 Å². The first-order chi connectivity index (χ1) is 14.9. The van der Waals surface area contributed by atoms with Crippen molar-refractivity contribution in [3.63, 3.8) is 0 Å². The number of nitrogens with zero attached hydrogens (tertiary/aromatic N) is 1. The number of ketones is 1. The second-order valence-electron chi connectivity index (χ2n) is 7.56. The van der Waals surface area contributed by atoms with Crippen molar-refractivity contribution in [2.24, 2.45) is 5.92 Å². The zero-order chi connectivity index (χ0) is 22.0. The molecule has 2 aliphatic rings. The Balaban J connectivity index is 1.35. The molecule has 0 spiro atoms. The van der Waals surface area contributed by atoms with Crippen LogP contribution in [0.15, 0.2) is 42.5 Å². The van der Waals surface area contributed by atoms with Crippen molar-refractivity contribution >= 4 is 34.9 Å². The molecule has 0 saturated carbocycles. The Morgan fingerprint density at radius 2 is 1.97 bits per heavy atom. The molecule has 8 heteroatoms. The van der Waals surface area contributed by atoms with Crippen LogP contribution in [0.5, 0.6) is 5.75 Å². The Kier molecular flexibility index (Phi) is 5.70. The van der Waals surface area contributed by atoms with Gasteiger partial charge in [-0.05, 0) is 42.3 Å². The second-order valence-corrected chi connectivity index (χ2v) is 7.56. The number of carbonyl (C=O) groups excluding carboxylic acids is 4. The fourth-order valence-electron chi connectivity index (χ4n) is 3.79. The zero-order valence-electron chi connectivity index (χ0n) is 17.1. The van der Waals surface area contributed by atoms with E-state index in [4.69, 9.17) is 9.47 Å². The van der Waals surface area contributed by atoms with E-state index in [9.17, 15) is 19.2 Å².